The van der Waals surface area contributed by atoms with E-state index in [0.717, 1.165) is 5.92 Å². The molecule has 0 aromatic rings. The van der Waals surface area contributed by atoms with Gasteiger partial charge in [-0.2, -0.15) is 0 Å². The van der Waals surface area contributed by atoms with Crippen LogP contribution in [0.15, 0.2) is 0 Å². The summed E-state index contributed by atoms with van der Waals surface area (Å²) in [5, 5.41) is 0. The van der Waals surface area contributed by atoms with Crippen LogP contribution in [0.25, 0.3) is 0 Å². The Labute approximate surface area is 113 Å². The summed E-state index contributed by atoms with van der Waals surface area (Å²) in [5.41, 5.74) is 0.222. The summed E-state index contributed by atoms with van der Waals surface area (Å²) < 4.78 is 0. The molecular weight excluding hydrogens is 222 g/mol. The van der Waals surface area contributed by atoms with Crippen molar-refractivity contribution in [3.8, 4) is 0 Å². The van der Waals surface area contributed by atoms with Gasteiger partial charge in [0.25, 0.3) is 0 Å². The lowest BCUT2D eigenvalue weighted by Crippen LogP contribution is -2.48. The number of piperidine rings is 1. The summed E-state index contributed by atoms with van der Waals surface area (Å²) in [6.07, 6.45) is 2.48. The minimum absolute atomic E-state index is 0. The van der Waals surface area contributed by atoms with Gasteiger partial charge in [0.2, 0.25) is 5.91 Å². The second-order valence-electron chi connectivity index (χ2n) is 7.46. The van der Waals surface area contributed by atoms with Crippen molar-refractivity contribution in [2.24, 2.45) is 23.2 Å². The number of nitrogens with zero attached hydrogens (tertiary/aromatic N) is 1. The fourth-order valence-electron chi connectivity index (χ4n) is 3.07. The maximum Gasteiger partial charge on any atom is 0.226 e. The van der Waals surface area contributed by atoms with Crippen molar-refractivity contribution in [3.05, 3.63) is 0 Å². The first-order valence-electron chi connectivity index (χ1n) is 7.05. The molecule has 2 fully saturated rings. The molecule has 2 nitrogen and oxygen atoms in total. The number of fused-ring (bicyclic) bond motifs is 1. The second kappa shape index (κ2) is 4.86. The van der Waals surface area contributed by atoms with Gasteiger partial charge in [-0.1, -0.05) is 49.0 Å². The Balaban J connectivity index is 0.00000162. The van der Waals surface area contributed by atoms with Crippen molar-refractivity contribution < 1.29 is 4.79 Å². The third kappa shape index (κ3) is 2.57. The molecule has 1 amide bonds. The maximum absolute atomic E-state index is 12.6. The van der Waals surface area contributed by atoms with Gasteiger partial charge < -0.3 is 4.90 Å². The zero-order valence-corrected chi connectivity index (χ0v) is 12.2. The average molecular weight is 253 g/mol. The molecule has 0 bridgehead atoms. The molecule has 0 aromatic heterocycles. The summed E-state index contributed by atoms with van der Waals surface area (Å²) >= 11 is 0. The van der Waals surface area contributed by atoms with E-state index >= 15 is 0 Å². The Bertz CT molecular complexity index is 316. The number of carbonyl (C=O) groups is 1. The Kier molecular flexibility index (Phi) is 4.19. The standard InChI is InChI=1S/C15H27NO.CH4/c1-9(2)10(3)14(17)16-12-7-11(12)8-13(16)15(4,5)6;/h9-13H,7-8H2,1-6H3;1H4/t10-,11-,12-,13-;/m0./s1. The van der Waals surface area contributed by atoms with Crippen molar-refractivity contribution >= 4 is 5.91 Å². The van der Waals surface area contributed by atoms with E-state index in [1.165, 1.54) is 12.8 Å². The van der Waals surface area contributed by atoms with Gasteiger partial charge in [0, 0.05) is 18.0 Å². The van der Waals surface area contributed by atoms with E-state index < -0.39 is 0 Å². The largest absolute Gasteiger partial charge is 0.336 e. The van der Waals surface area contributed by atoms with Crippen LogP contribution in [0.2, 0.25) is 0 Å². The van der Waals surface area contributed by atoms with Gasteiger partial charge in [0.15, 0.2) is 0 Å². The summed E-state index contributed by atoms with van der Waals surface area (Å²) in [4.78, 5) is 14.9. The lowest BCUT2D eigenvalue weighted by atomic mass is 9.83. The van der Waals surface area contributed by atoms with Crippen molar-refractivity contribution in [3.63, 3.8) is 0 Å². The normalized spacial score (nSPS) is 31.9. The Morgan fingerprint density at radius 3 is 2.17 bits per heavy atom. The Morgan fingerprint density at radius 2 is 1.72 bits per heavy atom. The smallest absolute Gasteiger partial charge is 0.226 e. The van der Waals surface area contributed by atoms with Crippen molar-refractivity contribution in [1.82, 2.24) is 4.90 Å². The highest BCUT2D eigenvalue weighted by atomic mass is 16.2. The van der Waals surface area contributed by atoms with E-state index in [0.29, 0.717) is 23.9 Å². The lowest BCUT2D eigenvalue weighted by Gasteiger charge is -2.39. The number of hydrogen-bond donors (Lipinski definition) is 0. The fourth-order valence-corrected chi connectivity index (χ4v) is 3.07. The molecule has 0 unspecified atom stereocenters. The SMILES string of the molecule is C.CC(C)[C@H](C)C(=O)N1[C@H](C(C)(C)C)C[C@@H]2C[C@@H]21. The summed E-state index contributed by atoms with van der Waals surface area (Å²) in [6, 6.07) is 1.04. The highest BCUT2D eigenvalue weighted by Gasteiger charge is 2.56. The molecular formula is C16H31NO. The number of hydrogen-bond acceptors (Lipinski definition) is 1. The molecule has 106 valence electrons. The summed E-state index contributed by atoms with van der Waals surface area (Å²) in [5.74, 6) is 1.81. The van der Waals surface area contributed by atoms with Crippen LogP contribution in [0.3, 0.4) is 0 Å². The average Bonchev–Trinajstić information content (AvgIpc) is 2.86. The molecule has 0 N–H and O–H groups in total. The summed E-state index contributed by atoms with van der Waals surface area (Å²) in [6.45, 7) is 13.2. The molecule has 4 atom stereocenters. The van der Waals surface area contributed by atoms with Crippen LogP contribution in [-0.2, 0) is 4.79 Å². The molecule has 2 aliphatic rings. The first kappa shape index (κ1) is 15.5. The zero-order valence-electron chi connectivity index (χ0n) is 12.2. The van der Waals surface area contributed by atoms with Crippen LogP contribution in [0, 0.1) is 23.2 Å². The predicted octanol–water partition coefficient (Wildman–Crippen LogP) is 3.95. The van der Waals surface area contributed by atoms with E-state index in [1.54, 1.807) is 0 Å². The molecule has 0 aromatic carbocycles. The second-order valence-corrected chi connectivity index (χ2v) is 7.46. The third-order valence-corrected chi connectivity index (χ3v) is 4.75. The van der Waals surface area contributed by atoms with Crippen molar-refractivity contribution in [2.45, 2.75) is 73.9 Å². The molecule has 0 spiro atoms. The molecule has 1 aliphatic heterocycles. The number of rotatable bonds is 2. The van der Waals surface area contributed by atoms with Crippen LogP contribution in [0.4, 0.5) is 0 Å². The molecule has 1 saturated carbocycles. The van der Waals surface area contributed by atoms with E-state index in [2.05, 4.69) is 46.4 Å². The molecule has 1 heterocycles. The van der Waals surface area contributed by atoms with Crippen LogP contribution in [0.5, 0.6) is 0 Å². The van der Waals surface area contributed by atoms with Crippen LogP contribution in [-0.4, -0.2) is 22.9 Å². The Morgan fingerprint density at radius 1 is 1.17 bits per heavy atom. The zero-order chi connectivity index (χ0) is 13.0. The Hall–Kier alpha value is -0.530. The number of carbonyl (C=O) groups excluding carboxylic acids is 1. The van der Waals surface area contributed by atoms with Gasteiger partial charge in [0.05, 0.1) is 0 Å². The maximum atomic E-state index is 12.6. The monoisotopic (exact) mass is 253 g/mol. The minimum Gasteiger partial charge on any atom is -0.336 e. The van der Waals surface area contributed by atoms with Crippen molar-refractivity contribution in [2.75, 3.05) is 0 Å². The molecule has 0 radical (unpaired) electrons. The molecule has 1 saturated heterocycles. The van der Waals surface area contributed by atoms with E-state index in [4.69, 9.17) is 0 Å². The van der Waals surface area contributed by atoms with E-state index in [1.807, 2.05) is 0 Å². The van der Waals surface area contributed by atoms with Gasteiger partial charge in [-0.05, 0) is 30.1 Å². The molecule has 2 rings (SSSR count). The van der Waals surface area contributed by atoms with Crippen LogP contribution < -0.4 is 0 Å². The van der Waals surface area contributed by atoms with Gasteiger partial charge >= 0.3 is 0 Å². The number of likely N-dealkylation sites (tertiary alicyclic amines) is 1. The fraction of sp³-hybridized carbons (Fsp3) is 0.938. The molecule has 1 aliphatic carbocycles. The molecule has 18 heavy (non-hydrogen) atoms. The van der Waals surface area contributed by atoms with Gasteiger partial charge in [-0.25, -0.2) is 0 Å². The lowest BCUT2D eigenvalue weighted by molar-refractivity contribution is -0.140. The quantitative estimate of drug-likeness (QED) is 0.729. The highest BCUT2D eigenvalue weighted by molar-refractivity contribution is 5.80. The topological polar surface area (TPSA) is 20.3 Å². The van der Waals surface area contributed by atoms with Gasteiger partial charge in [-0.15, -0.1) is 0 Å². The molecule has 2 heteroatoms. The predicted molar refractivity (Wildman–Crippen MR) is 77.3 cm³/mol. The van der Waals surface area contributed by atoms with Gasteiger partial charge in [0.1, 0.15) is 0 Å². The van der Waals surface area contributed by atoms with E-state index in [-0.39, 0.29) is 18.8 Å². The van der Waals surface area contributed by atoms with Crippen molar-refractivity contribution in [1.29, 1.82) is 0 Å². The van der Waals surface area contributed by atoms with Crippen LogP contribution in [0.1, 0.15) is 61.8 Å². The minimum atomic E-state index is 0. The number of amides is 1. The van der Waals surface area contributed by atoms with E-state index in [9.17, 15) is 4.79 Å². The first-order chi connectivity index (χ1) is 7.73. The third-order valence-electron chi connectivity index (χ3n) is 4.75. The van der Waals surface area contributed by atoms with Gasteiger partial charge in [-0.3, -0.25) is 4.79 Å². The first-order valence-corrected chi connectivity index (χ1v) is 7.05. The highest BCUT2D eigenvalue weighted by Crippen LogP contribution is 2.52. The summed E-state index contributed by atoms with van der Waals surface area (Å²) in [7, 11) is 0. The van der Waals surface area contributed by atoms with Crippen LogP contribution >= 0.6 is 0 Å².